The van der Waals surface area contributed by atoms with E-state index in [1.807, 2.05) is 25.1 Å². The maximum Gasteiger partial charge on any atom is 0.339 e. The van der Waals surface area contributed by atoms with Crippen LogP contribution in [0.15, 0.2) is 24.3 Å². The number of aromatic amines is 1. The van der Waals surface area contributed by atoms with Crippen molar-refractivity contribution in [2.24, 2.45) is 0 Å². The van der Waals surface area contributed by atoms with Crippen molar-refractivity contribution < 1.29 is 19.1 Å². The molecule has 0 unspecified atom stereocenters. The smallest absolute Gasteiger partial charge is 0.339 e. The zero-order chi connectivity index (χ0) is 21.6. The zero-order valence-corrected chi connectivity index (χ0v) is 17.7. The number of anilines is 1. The molecule has 0 radical (unpaired) electrons. The Morgan fingerprint density at radius 1 is 1.21 bits per heavy atom. The number of rotatable bonds is 9. The lowest BCUT2D eigenvalue weighted by molar-refractivity contribution is -0.120. The van der Waals surface area contributed by atoms with Crippen LogP contribution in [0.1, 0.15) is 51.5 Å². The zero-order valence-electron chi connectivity index (χ0n) is 17.7. The van der Waals surface area contributed by atoms with Crippen LogP contribution in [0, 0.1) is 13.8 Å². The molecule has 2 N–H and O–H groups in total. The fourth-order valence-electron chi connectivity index (χ4n) is 3.37. The van der Waals surface area contributed by atoms with Crippen LogP contribution in [-0.4, -0.2) is 49.4 Å². The Morgan fingerprint density at radius 2 is 1.93 bits per heavy atom. The second-order valence-electron chi connectivity index (χ2n) is 6.97. The van der Waals surface area contributed by atoms with Gasteiger partial charge in [-0.3, -0.25) is 9.59 Å². The summed E-state index contributed by atoms with van der Waals surface area (Å²) in [5.41, 5.74) is 3.77. The van der Waals surface area contributed by atoms with Crippen LogP contribution >= 0.6 is 0 Å². The average molecular weight is 399 g/mol. The lowest BCUT2D eigenvalue weighted by Gasteiger charge is -2.23. The Morgan fingerprint density at radius 3 is 2.52 bits per heavy atom. The number of aryl methyl sites for hydroxylation is 1. The number of methoxy groups -OCH3 is 1. The fraction of sp³-hybridized carbons (Fsp3) is 0.409. The number of Topliss-reactive ketones (excluding diaryl/α,β-unsaturated/α-hetero) is 1. The van der Waals surface area contributed by atoms with Gasteiger partial charge in [0, 0.05) is 37.9 Å². The third-order valence-electron chi connectivity index (χ3n) is 4.86. The third kappa shape index (κ3) is 5.47. The number of nitrogens with one attached hydrogen (secondary N) is 2. The minimum absolute atomic E-state index is 0.0326. The summed E-state index contributed by atoms with van der Waals surface area (Å²) in [7, 11) is 1.27. The van der Waals surface area contributed by atoms with Gasteiger partial charge in [-0.1, -0.05) is 12.1 Å². The SMILES string of the molecule is CCN(CCNC(=O)Cc1[nH]c(C(C)=O)c(C)c1C(=O)OC)c1cccc(C)c1. The Kier molecular flexibility index (Phi) is 7.59. The van der Waals surface area contributed by atoms with Crippen LogP contribution in [0.2, 0.25) is 0 Å². The maximum absolute atomic E-state index is 12.4. The fourth-order valence-corrected chi connectivity index (χ4v) is 3.37. The van der Waals surface area contributed by atoms with Crippen LogP contribution in [0.4, 0.5) is 5.69 Å². The van der Waals surface area contributed by atoms with Crippen molar-refractivity contribution >= 4 is 23.3 Å². The normalized spacial score (nSPS) is 10.5. The number of hydrogen-bond acceptors (Lipinski definition) is 5. The molecular formula is C22H29N3O4. The number of hydrogen-bond donors (Lipinski definition) is 2. The molecule has 2 aromatic rings. The number of carbonyl (C=O) groups is 3. The lowest BCUT2D eigenvalue weighted by Crippen LogP contribution is -2.35. The summed E-state index contributed by atoms with van der Waals surface area (Å²) in [6, 6.07) is 8.22. The number of esters is 1. The molecule has 1 amide bonds. The van der Waals surface area contributed by atoms with E-state index in [0.717, 1.165) is 12.2 Å². The molecule has 0 saturated carbocycles. The number of ketones is 1. The number of nitrogens with zero attached hydrogens (tertiary/aromatic N) is 1. The van der Waals surface area contributed by atoms with E-state index >= 15 is 0 Å². The van der Waals surface area contributed by atoms with Crippen LogP contribution in [-0.2, 0) is 16.0 Å². The summed E-state index contributed by atoms with van der Waals surface area (Å²) in [5, 5.41) is 2.88. The van der Waals surface area contributed by atoms with Gasteiger partial charge >= 0.3 is 5.97 Å². The van der Waals surface area contributed by atoms with E-state index in [1.54, 1.807) is 6.92 Å². The van der Waals surface area contributed by atoms with Gasteiger partial charge in [0.25, 0.3) is 0 Å². The number of aromatic nitrogens is 1. The van der Waals surface area contributed by atoms with E-state index in [-0.39, 0.29) is 23.7 Å². The van der Waals surface area contributed by atoms with Crippen LogP contribution in [0.5, 0.6) is 0 Å². The summed E-state index contributed by atoms with van der Waals surface area (Å²) >= 11 is 0. The molecule has 0 saturated heterocycles. The summed E-state index contributed by atoms with van der Waals surface area (Å²) < 4.78 is 4.81. The maximum atomic E-state index is 12.4. The minimum Gasteiger partial charge on any atom is -0.465 e. The first kappa shape index (κ1) is 22.2. The van der Waals surface area contributed by atoms with Crippen molar-refractivity contribution in [3.05, 3.63) is 52.3 Å². The average Bonchev–Trinajstić information content (AvgIpc) is 3.00. The van der Waals surface area contributed by atoms with Gasteiger partial charge in [-0.15, -0.1) is 0 Å². The Labute approximate surface area is 171 Å². The molecule has 7 nitrogen and oxygen atoms in total. The lowest BCUT2D eigenvalue weighted by atomic mass is 10.1. The summed E-state index contributed by atoms with van der Waals surface area (Å²) in [5.74, 6) is -0.992. The van der Waals surface area contributed by atoms with Crippen molar-refractivity contribution in [2.75, 3.05) is 31.6 Å². The van der Waals surface area contributed by atoms with Crippen molar-refractivity contribution in [3.8, 4) is 0 Å². The highest BCUT2D eigenvalue weighted by atomic mass is 16.5. The highest BCUT2D eigenvalue weighted by Crippen LogP contribution is 2.21. The molecule has 1 heterocycles. The number of amides is 1. The summed E-state index contributed by atoms with van der Waals surface area (Å²) in [6.45, 7) is 9.15. The van der Waals surface area contributed by atoms with Gasteiger partial charge < -0.3 is 19.9 Å². The number of H-pyrrole nitrogens is 1. The summed E-state index contributed by atoms with van der Waals surface area (Å²) in [6.07, 6.45) is -0.0326. The van der Waals surface area contributed by atoms with E-state index in [0.29, 0.717) is 30.0 Å². The largest absolute Gasteiger partial charge is 0.465 e. The van der Waals surface area contributed by atoms with Crippen molar-refractivity contribution in [1.82, 2.24) is 10.3 Å². The third-order valence-corrected chi connectivity index (χ3v) is 4.86. The van der Waals surface area contributed by atoms with Gasteiger partial charge in [-0.05, 0) is 44.0 Å². The molecule has 29 heavy (non-hydrogen) atoms. The van der Waals surface area contributed by atoms with Gasteiger partial charge in [0.15, 0.2) is 5.78 Å². The molecule has 0 bridgehead atoms. The van der Waals surface area contributed by atoms with E-state index in [1.165, 1.54) is 19.6 Å². The standard InChI is InChI=1S/C22H29N3O4/c1-6-25(17-9-7-8-14(2)12-17)11-10-23-19(27)13-18-20(22(28)29-5)15(3)21(24-18)16(4)26/h7-9,12,24H,6,10-11,13H2,1-5H3,(H,23,27). The molecule has 2 rings (SSSR count). The van der Waals surface area contributed by atoms with Crippen LogP contribution in [0.3, 0.4) is 0 Å². The second kappa shape index (κ2) is 9.91. The molecule has 0 spiro atoms. The molecule has 0 atom stereocenters. The van der Waals surface area contributed by atoms with E-state index in [2.05, 4.69) is 28.2 Å². The summed E-state index contributed by atoms with van der Waals surface area (Å²) in [4.78, 5) is 41.4. The van der Waals surface area contributed by atoms with Gasteiger partial charge in [0.05, 0.1) is 24.8 Å². The number of likely N-dealkylation sites (N-methyl/N-ethyl adjacent to an activating group) is 1. The molecule has 1 aromatic carbocycles. The molecule has 0 aliphatic heterocycles. The van der Waals surface area contributed by atoms with E-state index in [4.69, 9.17) is 4.74 Å². The minimum atomic E-state index is -0.564. The molecule has 1 aromatic heterocycles. The van der Waals surface area contributed by atoms with E-state index < -0.39 is 5.97 Å². The molecular weight excluding hydrogens is 370 g/mol. The van der Waals surface area contributed by atoms with Gasteiger partial charge in [0.1, 0.15) is 0 Å². The first-order valence-electron chi connectivity index (χ1n) is 9.67. The van der Waals surface area contributed by atoms with Crippen LogP contribution < -0.4 is 10.2 Å². The molecule has 156 valence electrons. The molecule has 0 aliphatic rings. The topological polar surface area (TPSA) is 91.5 Å². The number of benzene rings is 1. The van der Waals surface area contributed by atoms with Gasteiger partial charge in [-0.2, -0.15) is 0 Å². The second-order valence-corrected chi connectivity index (χ2v) is 6.97. The van der Waals surface area contributed by atoms with Gasteiger partial charge in [-0.25, -0.2) is 4.79 Å². The Hall–Kier alpha value is -3.09. The van der Waals surface area contributed by atoms with Gasteiger partial charge in [0.2, 0.25) is 5.91 Å². The van der Waals surface area contributed by atoms with Crippen molar-refractivity contribution in [2.45, 2.75) is 34.1 Å². The molecule has 7 heteroatoms. The first-order chi connectivity index (χ1) is 13.8. The number of ether oxygens (including phenoxy) is 1. The predicted molar refractivity (Wildman–Crippen MR) is 113 cm³/mol. The molecule has 0 aliphatic carbocycles. The predicted octanol–water partition coefficient (Wildman–Crippen LogP) is 2.81. The number of carbonyl (C=O) groups excluding carboxylic acids is 3. The Bertz CT molecular complexity index is 901. The molecule has 0 fully saturated rings. The quantitative estimate of drug-likeness (QED) is 0.500. The monoisotopic (exact) mass is 399 g/mol. The van der Waals surface area contributed by atoms with Crippen molar-refractivity contribution in [1.29, 1.82) is 0 Å². The van der Waals surface area contributed by atoms with E-state index in [9.17, 15) is 14.4 Å². The van der Waals surface area contributed by atoms with Crippen LogP contribution in [0.25, 0.3) is 0 Å². The van der Waals surface area contributed by atoms with Crippen molar-refractivity contribution in [3.63, 3.8) is 0 Å². The highest BCUT2D eigenvalue weighted by molar-refractivity contribution is 6.01. The highest BCUT2D eigenvalue weighted by Gasteiger charge is 2.24. The Balaban J connectivity index is 2.03. The first-order valence-corrected chi connectivity index (χ1v) is 9.67.